The quantitative estimate of drug-likeness (QED) is 0.838. The van der Waals surface area contributed by atoms with E-state index in [-0.39, 0.29) is 12.0 Å². The Hall–Kier alpha value is -1.21. The van der Waals surface area contributed by atoms with Crippen LogP contribution in [0.25, 0.3) is 0 Å². The molecule has 2 heterocycles. The predicted molar refractivity (Wildman–Crippen MR) is 64.8 cm³/mol. The minimum Gasteiger partial charge on any atom is -0.379 e. The molecular weight excluding hydrogens is 240 g/mol. The number of aromatic nitrogens is 2. The Morgan fingerprint density at radius 1 is 1.59 bits per heavy atom. The molecule has 0 radical (unpaired) electrons. The summed E-state index contributed by atoms with van der Waals surface area (Å²) in [5, 5.41) is 8.10. The first-order valence-corrected chi connectivity index (χ1v) is 6.34. The summed E-state index contributed by atoms with van der Waals surface area (Å²) in [5.74, 6) is 0.372. The second-order valence-corrected chi connectivity index (χ2v) is 5.25. The lowest BCUT2D eigenvalue weighted by atomic mass is 9.96. The molecule has 0 aromatic carbocycles. The van der Waals surface area contributed by atoms with Gasteiger partial charge in [0.1, 0.15) is 0 Å². The van der Waals surface area contributed by atoms with E-state index in [4.69, 9.17) is 10.5 Å². The van der Waals surface area contributed by atoms with E-state index in [0.29, 0.717) is 22.6 Å². The molecule has 94 valence electrons. The van der Waals surface area contributed by atoms with Gasteiger partial charge in [-0.3, -0.25) is 4.79 Å². The number of anilines is 1. The Kier molecular flexibility index (Phi) is 3.58. The molecule has 7 heteroatoms. The van der Waals surface area contributed by atoms with Gasteiger partial charge in [0.2, 0.25) is 10.1 Å². The smallest absolute Gasteiger partial charge is 0.284 e. The summed E-state index contributed by atoms with van der Waals surface area (Å²) < 4.78 is 5.37. The number of methoxy groups -OCH3 is 1. The molecule has 0 spiro atoms. The molecule has 2 rings (SSSR count). The van der Waals surface area contributed by atoms with Crippen molar-refractivity contribution in [2.45, 2.75) is 19.4 Å². The largest absolute Gasteiger partial charge is 0.379 e. The number of hydrogen-bond donors (Lipinski definition) is 1. The van der Waals surface area contributed by atoms with Crippen LogP contribution in [0.4, 0.5) is 5.13 Å². The number of rotatable bonds is 2. The Bertz CT molecular complexity index is 409. The van der Waals surface area contributed by atoms with Crippen LogP contribution >= 0.6 is 11.3 Å². The van der Waals surface area contributed by atoms with E-state index in [2.05, 4.69) is 17.1 Å². The van der Waals surface area contributed by atoms with Crippen molar-refractivity contribution in [2.24, 2.45) is 5.92 Å². The molecule has 1 aliphatic rings. The van der Waals surface area contributed by atoms with Crippen LogP contribution < -0.4 is 5.73 Å². The van der Waals surface area contributed by atoms with E-state index in [1.807, 2.05) is 0 Å². The zero-order valence-corrected chi connectivity index (χ0v) is 10.7. The maximum Gasteiger partial charge on any atom is 0.284 e. The van der Waals surface area contributed by atoms with Gasteiger partial charge in [0.25, 0.3) is 5.91 Å². The van der Waals surface area contributed by atoms with Crippen LogP contribution in [0, 0.1) is 5.92 Å². The van der Waals surface area contributed by atoms with Crippen molar-refractivity contribution < 1.29 is 9.53 Å². The van der Waals surface area contributed by atoms with Gasteiger partial charge in [0.15, 0.2) is 0 Å². The monoisotopic (exact) mass is 256 g/mol. The van der Waals surface area contributed by atoms with Gasteiger partial charge in [0.05, 0.1) is 6.10 Å². The van der Waals surface area contributed by atoms with Crippen LogP contribution in [-0.2, 0) is 4.74 Å². The average Bonchev–Trinajstić information content (AvgIpc) is 2.75. The first kappa shape index (κ1) is 12.3. The number of nitrogens with zero attached hydrogens (tertiary/aromatic N) is 3. The minimum atomic E-state index is -0.104. The number of likely N-dealkylation sites (tertiary alicyclic amines) is 1. The number of piperidine rings is 1. The summed E-state index contributed by atoms with van der Waals surface area (Å²) in [5.41, 5.74) is 5.47. The van der Waals surface area contributed by atoms with Crippen molar-refractivity contribution >= 4 is 22.4 Å². The van der Waals surface area contributed by atoms with E-state index < -0.39 is 0 Å². The molecule has 2 N–H and O–H groups in total. The highest BCUT2D eigenvalue weighted by atomic mass is 32.1. The van der Waals surface area contributed by atoms with Crippen LogP contribution in [0.5, 0.6) is 0 Å². The molecule has 1 aromatic rings. The average molecular weight is 256 g/mol. The highest BCUT2D eigenvalue weighted by Crippen LogP contribution is 2.22. The summed E-state index contributed by atoms with van der Waals surface area (Å²) in [6.45, 7) is 3.48. The lowest BCUT2D eigenvalue weighted by Gasteiger charge is -2.35. The highest BCUT2D eigenvalue weighted by Gasteiger charge is 2.30. The van der Waals surface area contributed by atoms with Crippen molar-refractivity contribution in [3.05, 3.63) is 5.01 Å². The highest BCUT2D eigenvalue weighted by molar-refractivity contribution is 7.16. The Balaban J connectivity index is 2.05. The molecule has 17 heavy (non-hydrogen) atoms. The molecule has 1 aromatic heterocycles. The number of nitrogen functional groups attached to an aromatic ring is 1. The summed E-state index contributed by atoms with van der Waals surface area (Å²) >= 11 is 1.12. The lowest BCUT2D eigenvalue weighted by Crippen LogP contribution is -2.46. The number of carbonyl (C=O) groups excluding carboxylic acids is 1. The standard InChI is InChI=1S/C10H16N4O2S/c1-6-3-4-14(5-7(6)16-2)9(15)8-12-13-10(11)17-8/h6-7H,3-5H2,1-2H3,(H2,11,13). The molecule has 2 unspecified atom stereocenters. The molecule has 1 saturated heterocycles. The number of amides is 1. The van der Waals surface area contributed by atoms with Gasteiger partial charge in [-0.15, -0.1) is 10.2 Å². The second kappa shape index (κ2) is 4.97. The molecule has 1 aliphatic heterocycles. The number of carbonyl (C=O) groups is 1. The third-order valence-electron chi connectivity index (χ3n) is 3.10. The molecule has 1 amide bonds. The fourth-order valence-corrected chi connectivity index (χ4v) is 2.56. The van der Waals surface area contributed by atoms with E-state index in [9.17, 15) is 4.79 Å². The van der Waals surface area contributed by atoms with Gasteiger partial charge >= 0.3 is 0 Å². The van der Waals surface area contributed by atoms with Crippen molar-refractivity contribution in [1.29, 1.82) is 0 Å². The van der Waals surface area contributed by atoms with E-state index in [1.165, 1.54) is 0 Å². The Labute approximate surface area is 104 Å². The predicted octanol–water partition coefficient (Wildman–Crippen LogP) is 0.617. The first-order valence-electron chi connectivity index (χ1n) is 5.53. The molecule has 1 fully saturated rings. The van der Waals surface area contributed by atoms with E-state index in [0.717, 1.165) is 24.3 Å². The van der Waals surface area contributed by atoms with Crippen molar-refractivity contribution in [1.82, 2.24) is 15.1 Å². The summed E-state index contributed by atoms with van der Waals surface area (Å²) in [6, 6.07) is 0. The first-order chi connectivity index (χ1) is 8.11. The fraction of sp³-hybridized carbons (Fsp3) is 0.700. The van der Waals surface area contributed by atoms with Gasteiger partial charge < -0.3 is 15.4 Å². The van der Waals surface area contributed by atoms with Gasteiger partial charge in [-0.2, -0.15) is 0 Å². The molecule has 0 saturated carbocycles. The zero-order chi connectivity index (χ0) is 12.4. The van der Waals surface area contributed by atoms with E-state index >= 15 is 0 Å². The molecular formula is C10H16N4O2S. The molecule has 0 aliphatic carbocycles. The maximum absolute atomic E-state index is 12.1. The number of nitrogens with two attached hydrogens (primary N) is 1. The van der Waals surface area contributed by atoms with Crippen LogP contribution in [0.3, 0.4) is 0 Å². The van der Waals surface area contributed by atoms with Crippen molar-refractivity contribution in [3.63, 3.8) is 0 Å². The topological polar surface area (TPSA) is 81.3 Å². The van der Waals surface area contributed by atoms with E-state index in [1.54, 1.807) is 12.0 Å². The number of ether oxygens (including phenoxy) is 1. The fourth-order valence-electron chi connectivity index (χ4n) is 1.98. The summed E-state index contributed by atoms with van der Waals surface area (Å²) in [4.78, 5) is 13.9. The Morgan fingerprint density at radius 2 is 2.35 bits per heavy atom. The van der Waals surface area contributed by atoms with Crippen LogP contribution in [0.1, 0.15) is 23.1 Å². The second-order valence-electron chi connectivity index (χ2n) is 4.24. The van der Waals surface area contributed by atoms with Crippen LogP contribution in [0.2, 0.25) is 0 Å². The summed E-state index contributed by atoms with van der Waals surface area (Å²) in [6.07, 6.45) is 1.04. The molecule has 2 atom stereocenters. The third kappa shape index (κ3) is 2.55. The normalized spacial score (nSPS) is 24.9. The van der Waals surface area contributed by atoms with Crippen molar-refractivity contribution in [2.75, 3.05) is 25.9 Å². The maximum atomic E-state index is 12.1. The van der Waals surface area contributed by atoms with Gasteiger partial charge in [-0.25, -0.2) is 0 Å². The minimum absolute atomic E-state index is 0.0953. The number of hydrogen-bond acceptors (Lipinski definition) is 6. The third-order valence-corrected chi connectivity index (χ3v) is 3.84. The van der Waals surface area contributed by atoms with Crippen molar-refractivity contribution in [3.8, 4) is 0 Å². The Morgan fingerprint density at radius 3 is 2.94 bits per heavy atom. The zero-order valence-electron chi connectivity index (χ0n) is 9.92. The van der Waals surface area contributed by atoms with Gasteiger partial charge in [-0.05, 0) is 12.3 Å². The van der Waals surface area contributed by atoms with Crippen LogP contribution in [0.15, 0.2) is 0 Å². The van der Waals surface area contributed by atoms with Gasteiger partial charge in [0, 0.05) is 20.2 Å². The molecule has 6 nitrogen and oxygen atoms in total. The van der Waals surface area contributed by atoms with Crippen LogP contribution in [-0.4, -0.2) is 47.3 Å². The van der Waals surface area contributed by atoms with Gasteiger partial charge in [-0.1, -0.05) is 18.3 Å². The SMILES string of the molecule is COC1CN(C(=O)c2nnc(N)s2)CCC1C. The molecule has 0 bridgehead atoms. The summed E-state index contributed by atoms with van der Waals surface area (Å²) in [7, 11) is 1.68. The lowest BCUT2D eigenvalue weighted by molar-refractivity contribution is -0.00160.